The summed E-state index contributed by atoms with van der Waals surface area (Å²) in [5.41, 5.74) is 2.03. The van der Waals surface area contributed by atoms with Crippen molar-refractivity contribution >= 4 is 5.97 Å². The summed E-state index contributed by atoms with van der Waals surface area (Å²) >= 11 is 0. The predicted molar refractivity (Wildman–Crippen MR) is 126 cm³/mol. The molecule has 0 amide bonds. The van der Waals surface area contributed by atoms with Crippen LogP contribution in [0.5, 0.6) is 5.75 Å². The molecule has 0 spiro atoms. The lowest BCUT2D eigenvalue weighted by Gasteiger charge is -2.18. The average Bonchev–Trinajstić information content (AvgIpc) is 2.79. The summed E-state index contributed by atoms with van der Waals surface area (Å²) in [5, 5.41) is 9.33. The zero-order valence-corrected chi connectivity index (χ0v) is 19.3. The maximum absolute atomic E-state index is 12.4. The number of nitrogens with zero attached hydrogens (tertiary/aromatic N) is 2. The van der Waals surface area contributed by atoms with Gasteiger partial charge in [0.1, 0.15) is 5.75 Å². The second-order valence-corrected chi connectivity index (χ2v) is 8.53. The molecule has 0 aliphatic carbocycles. The number of ether oxygens (including phenoxy) is 1. The molecule has 31 heavy (non-hydrogen) atoms. The molecule has 1 unspecified atom stereocenters. The number of carbonyl (C=O) groups is 1. The van der Waals surface area contributed by atoms with Gasteiger partial charge in [-0.1, -0.05) is 64.9 Å². The van der Waals surface area contributed by atoms with E-state index in [2.05, 4.69) is 24.0 Å². The lowest BCUT2D eigenvalue weighted by atomic mass is 9.87. The van der Waals surface area contributed by atoms with E-state index >= 15 is 0 Å². The number of carbonyl (C=O) groups excluding carboxylic acids is 1. The molecule has 1 aromatic heterocycles. The van der Waals surface area contributed by atoms with Crippen molar-refractivity contribution in [3.8, 4) is 23.1 Å². The first kappa shape index (κ1) is 24.6. The quantitative estimate of drug-likeness (QED) is 0.194. The molecule has 0 aliphatic heterocycles. The lowest BCUT2D eigenvalue weighted by molar-refractivity contribution is -0.142. The van der Waals surface area contributed by atoms with Crippen molar-refractivity contribution in [3.05, 3.63) is 48.2 Å². The molecule has 2 rings (SSSR count). The van der Waals surface area contributed by atoms with Crippen LogP contribution >= 0.6 is 0 Å². The van der Waals surface area contributed by atoms with Crippen LogP contribution in [-0.4, -0.2) is 11.0 Å². The number of esters is 1. The summed E-state index contributed by atoms with van der Waals surface area (Å²) in [5.74, 6) is -0.0562. The van der Waals surface area contributed by atoms with Crippen LogP contribution in [0.15, 0.2) is 42.6 Å². The highest BCUT2D eigenvalue weighted by Crippen LogP contribution is 2.27. The van der Waals surface area contributed by atoms with Gasteiger partial charge in [0.15, 0.2) is 5.41 Å². The van der Waals surface area contributed by atoms with Gasteiger partial charge in [-0.25, -0.2) is 4.79 Å². The van der Waals surface area contributed by atoms with Crippen LogP contribution in [-0.2, 0) is 11.2 Å². The van der Waals surface area contributed by atoms with Crippen LogP contribution in [0.2, 0.25) is 0 Å². The summed E-state index contributed by atoms with van der Waals surface area (Å²) in [6.45, 7) is 5.83. The average molecular weight is 421 g/mol. The highest BCUT2D eigenvalue weighted by molar-refractivity contribution is 5.81. The van der Waals surface area contributed by atoms with Gasteiger partial charge in [0.2, 0.25) is 0 Å². The fourth-order valence-corrected chi connectivity index (χ4v) is 3.65. The van der Waals surface area contributed by atoms with Gasteiger partial charge in [-0.3, -0.25) is 4.98 Å². The second kappa shape index (κ2) is 12.9. The standard InChI is InChI=1S/C27H36N2O2/c1-4-6-7-8-9-10-11-12-22-13-18-25(29-20-22)23-14-16-24(17-15-23)31-26(30)27(3,21-28)19-5-2/h13-18,20H,4-12,19H2,1-3H3. The third kappa shape index (κ3) is 7.83. The van der Waals surface area contributed by atoms with E-state index in [1.807, 2.05) is 31.3 Å². The number of benzene rings is 1. The van der Waals surface area contributed by atoms with Gasteiger partial charge in [-0.15, -0.1) is 0 Å². The number of hydrogen-bond acceptors (Lipinski definition) is 4. The minimum absolute atomic E-state index is 0.446. The number of rotatable bonds is 13. The van der Waals surface area contributed by atoms with Gasteiger partial charge >= 0.3 is 5.97 Å². The third-order valence-corrected chi connectivity index (χ3v) is 5.70. The highest BCUT2D eigenvalue weighted by atomic mass is 16.5. The van der Waals surface area contributed by atoms with Gasteiger partial charge in [0, 0.05) is 11.8 Å². The minimum atomic E-state index is -1.11. The number of hydrogen-bond donors (Lipinski definition) is 0. The number of pyridine rings is 1. The molecule has 2 aromatic rings. The molecule has 166 valence electrons. The van der Waals surface area contributed by atoms with Crippen molar-refractivity contribution in [2.45, 2.75) is 85.0 Å². The van der Waals surface area contributed by atoms with E-state index in [0.717, 1.165) is 24.1 Å². The summed E-state index contributed by atoms with van der Waals surface area (Å²) < 4.78 is 5.44. The fourth-order valence-electron chi connectivity index (χ4n) is 3.65. The maximum Gasteiger partial charge on any atom is 0.331 e. The van der Waals surface area contributed by atoms with Crippen molar-refractivity contribution in [2.24, 2.45) is 5.41 Å². The van der Waals surface area contributed by atoms with Crippen molar-refractivity contribution in [3.63, 3.8) is 0 Å². The van der Waals surface area contributed by atoms with E-state index in [9.17, 15) is 10.1 Å². The number of unbranched alkanes of at least 4 members (excludes halogenated alkanes) is 6. The van der Waals surface area contributed by atoms with Crippen LogP contribution < -0.4 is 4.74 Å². The van der Waals surface area contributed by atoms with Crippen molar-refractivity contribution < 1.29 is 9.53 Å². The molecular weight excluding hydrogens is 384 g/mol. The zero-order valence-electron chi connectivity index (χ0n) is 19.3. The molecule has 1 atom stereocenters. The fraction of sp³-hybridized carbons (Fsp3) is 0.519. The maximum atomic E-state index is 12.4. The number of nitriles is 1. The highest BCUT2D eigenvalue weighted by Gasteiger charge is 2.34. The predicted octanol–water partition coefficient (Wildman–Crippen LogP) is 7.28. The SMILES string of the molecule is CCCCCCCCCc1ccc(-c2ccc(OC(=O)C(C)(C#N)CCC)cc2)nc1. The largest absolute Gasteiger partial charge is 0.425 e. The van der Waals surface area contributed by atoms with E-state index < -0.39 is 11.4 Å². The van der Waals surface area contributed by atoms with Gasteiger partial charge in [0.05, 0.1) is 11.8 Å². The Balaban J connectivity index is 1.86. The first-order chi connectivity index (χ1) is 15.0. The Morgan fingerprint density at radius 3 is 2.23 bits per heavy atom. The van der Waals surface area contributed by atoms with E-state index in [0.29, 0.717) is 12.2 Å². The van der Waals surface area contributed by atoms with E-state index in [-0.39, 0.29) is 0 Å². The normalized spacial score (nSPS) is 12.7. The zero-order chi connectivity index (χ0) is 22.5. The lowest BCUT2D eigenvalue weighted by Crippen LogP contribution is -2.30. The smallest absolute Gasteiger partial charge is 0.331 e. The summed E-state index contributed by atoms with van der Waals surface area (Å²) in [4.78, 5) is 17.0. The van der Waals surface area contributed by atoms with E-state index in [1.54, 1.807) is 19.1 Å². The van der Waals surface area contributed by atoms with Gasteiger partial charge in [-0.05, 0) is 62.1 Å². The van der Waals surface area contributed by atoms with Crippen LogP contribution in [0.25, 0.3) is 11.3 Å². The van der Waals surface area contributed by atoms with Crippen LogP contribution in [0, 0.1) is 16.7 Å². The van der Waals surface area contributed by atoms with Crippen LogP contribution in [0.4, 0.5) is 0 Å². The van der Waals surface area contributed by atoms with Crippen LogP contribution in [0.1, 0.15) is 84.1 Å². The number of aromatic nitrogens is 1. The molecule has 4 heteroatoms. The van der Waals surface area contributed by atoms with Crippen molar-refractivity contribution in [1.29, 1.82) is 5.26 Å². The Morgan fingerprint density at radius 1 is 0.968 bits per heavy atom. The van der Waals surface area contributed by atoms with Gasteiger partial charge in [-0.2, -0.15) is 5.26 Å². The van der Waals surface area contributed by atoms with E-state index in [4.69, 9.17) is 4.74 Å². The monoisotopic (exact) mass is 420 g/mol. The summed E-state index contributed by atoms with van der Waals surface area (Å²) in [7, 11) is 0. The molecule has 0 saturated carbocycles. The first-order valence-corrected chi connectivity index (χ1v) is 11.7. The third-order valence-electron chi connectivity index (χ3n) is 5.70. The minimum Gasteiger partial charge on any atom is -0.425 e. The molecule has 1 heterocycles. The van der Waals surface area contributed by atoms with Crippen molar-refractivity contribution in [1.82, 2.24) is 4.98 Å². The second-order valence-electron chi connectivity index (χ2n) is 8.53. The topological polar surface area (TPSA) is 63.0 Å². The van der Waals surface area contributed by atoms with Crippen molar-refractivity contribution in [2.75, 3.05) is 0 Å². The van der Waals surface area contributed by atoms with Crippen LogP contribution in [0.3, 0.4) is 0 Å². The Labute approximate surface area is 187 Å². The Morgan fingerprint density at radius 2 is 1.65 bits per heavy atom. The molecule has 0 radical (unpaired) electrons. The molecule has 0 saturated heterocycles. The first-order valence-electron chi connectivity index (χ1n) is 11.7. The summed E-state index contributed by atoms with van der Waals surface area (Å²) in [6.07, 6.45) is 13.5. The van der Waals surface area contributed by atoms with Gasteiger partial charge < -0.3 is 4.74 Å². The molecular formula is C27H36N2O2. The Bertz CT molecular complexity index is 837. The van der Waals surface area contributed by atoms with Gasteiger partial charge in [0.25, 0.3) is 0 Å². The Kier molecular flexibility index (Phi) is 10.2. The number of aryl methyl sites for hydroxylation is 1. The molecule has 1 aromatic carbocycles. The molecule has 0 aliphatic rings. The molecule has 0 fully saturated rings. The molecule has 0 bridgehead atoms. The molecule has 4 nitrogen and oxygen atoms in total. The molecule has 0 N–H and O–H groups in total. The Hall–Kier alpha value is -2.67. The summed E-state index contributed by atoms with van der Waals surface area (Å²) in [6, 6.07) is 13.6. The van der Waals surface area contributed by atoms with E-state index in [1.165, 1.54) is 50.5 Å².